The Labute approximate surface area is 182 Å². The summed E-state index contributed by atoms with van der Waals surface area (Å²) in [5, 5.41) is 0. The molecule has 2 heterocycles. The number of piperidine rings is 1. The minimum absolute atomic E-state index is 0.0559. The van der Waals surface area contributed by atoms with Crippen molar-refractivity contribution in [2.45, 2.75) is 46.6 Å². The average molecular weight is 424 g/mol. The molecule has 0 amide bonds. The van der Waals surface area contributed by atoms with Crippen molar-refractivity contribution in [3.05, 3.63) is 48.3 Å². The fraction of sp³-hybridized carbons (Fsp3) is 0.440. The molecule has 1 aromatic heterocycles. The van der Waals surface area contributed by atoms with Crippen molar-refractivity contribution in [2.24, 2.45) is 5.41 Å². The van der Waals surface area contributed by atoms with Gasteiger partial charge in [-0.05, 0) is 77.0 Å². The maximum Gasteiger partial charge on any atom is 0.316 e. The van der Waals surface area contributed by atoms with Crippen molar-refractivity contribution in [3.63, 3.8) is 0 Å². The second kappa shape index (κ2) is 8.79. The molecule has 164 valence electrons. The Bertz CT molecular complexity index is 1080. The third-order valence-corrected chi connectivity index (χ3v) is 5.75. The zero-order chi connectivity index (χ0) is 22.0. The first kappa shape index (κ1) is 21.5. The van der Waals surface area contributed by atoms with Gasteiger partial charge < -0.3 is 14.2 Å². The minimum Gasteiger partial charge on any atom is -0.423 e. The van der Waals surface area contributed by atoms with Crippen LogP contribution in [0.2, 0.25) is 0 Å². The van der Waals surface area contributed by atoms with Crippen LogP contribution in [0.25, 0.3) is 22.4 Å². The highest BCUT2D eigenvalue weighted by Gasteiger charge is 2.25. The van der Waals surface area contributed by atoms with E-state index >= 15 is 0 Å². The van der Waals surface area contributed by atoms with E-state index in [2.05, 4.69) is 15.5 Å². The van der Waals surface area contributed by atoms with Gasteiger partial charge in [0.15, 0.2) is 11.6 Å². The molecule has 0 spiro atoms. The Kier molecular flexibility index (Phi) is 6.10. The maximum atomic E-state index is 14.8. The van der Waals surface area contributed by atoms with Gasteiger partial charge in [-0.1, -0.05) is 18.6 Å². The van der Waals surface area contributed by atoms with E-state index in [1.165, 1.54) is 31.4 Å². The van der Waals surface area contributed by atoms with Gasteiger partial charge in [0, 0.05) is 18.7 Å². The van der Waals surface area contributed by atoms with Crippen LogP contribution in [0, 0.1) is 11.2 Å². The lowest BCUT2D eigenvalue weighted by Crippen LogP contribution is -2.32. The van der Waals surface area contributed by atoms with Crippen LogP contribution >= 0.6 is 0 Å². The summed E-state index contributed by atoms with van der Waals surface area (Å²) in [4.78, 5) is 19.4. The zero-order valence-corrected chi connectivity index (χ0v) is 18.5. The van der Waals surface area contributed by atoms with E-state index in [0.717, 1.165) is 43.0 Å². The molecule has 1 aliphatic rings. The summed E-state index contributed by atoms with van der Waals surface area (Å²) < 4.78 is 22.3. The number of ether oxygens (including phenoxy) is 1. The summed E-state index contributed by atoms with van der Waals surface area (Å²) in [6, 6.07) is 12.7. The number of likely N-dealkylation sites (tertiary alicyclic amines) is 1. The van der Waals surface area contributed by atoms with Crippen LogP contribution in [0.15, 0.2) is 42.5 Å². The van der Waals surface area contributed by atoms with E-state index in [1.807, 2.05) is 18.2 Å². The number of hydrogen-bond donors (Lipinski definition) is 0. The van der Waals surface area contributed by atoms with E-state index in [9.17, 15) is 9.18 Å². The van der Waals surface area contributed by atoms with Gasteiger partial charge in [0.25, 0.3) is 0 Å². The number of imidazole rings is 1. The highest BCUT2D eigenvalue weighted by atomic mass is 19.1. The molecule has 0 unspecified atom stereocenters. The van der Waals surface area contributed by atoms with Gasteiger partial charge in [0.1, 0.15) is 5.82 Å². The lowest BCUT2D eigenvalue weighted by molar-refractivity contribution is -0.143. The monoisotopic (exact) mass is 423 g/mol. The van der Waals surface area contributed by atoms with Gasteiger partial charge in [-0.15, -0.1) is 0 Å². The Morgan fingerprint density at radius 3 is 2.52 bits per heavy atom. The van der Waals surface area contributed by atoms with E-state index in [1.54, 1.807) is 26.8 Å². The molecule has 0 aliphatic carbocycles. The normalized spacial score (nSPS) is 15.4. The molecule has 2 aromatic carbocycles. The topological polar surface area (TPSA) is 47.4 Å². The summed E-state index contributed by atoms with van der Waals surface area (Å²) in [7, 11) is 0. The highest BCUT2D eigenvalue weighted by Crippen LogP contribution is 2.29. The molecule has 31 heavy (non-hydrogen) atoms. The summed E-state index contributed by atoms with van der Waals surface area (Å²) in [5.74, 6) is -0.358. The number of halogens is 1. The van der Waals surface area contributed by atoms with Crippen molar-refractivity contribution in [1.82, 2.24) is 14.5 Å². The summed E-state index contributed by atoms with van der Waals surface area (Å²) in [6.07, 6.45) is 3.80. The fourth-order valence-electron chi connectivity index (χ4n) is 3.92. The minimum atomic E-state index is -0.701. The number of aromatic nitrogens is 2. The lowest BCUT2D eigenvalue weighted by atomic mass is 9.97. The van der Waals surface area contributed by atoms with Crippen LogP contribution in [0.3, 0.4) is 0 Å². The predicted molar refractivity (Wildman–Crippen MR) is 121 cm³/mol. The fourth-order valence-corrected chi connectivity index (χ4v) is 3.92. The van der Waals surface area contributed by atoms with Crippen LogP contribution in [0.1, 0.15) is 40.0 Å². The van der Waals surface area contributed by atoms with Crippen LogP contribution < -0.4 is 4.74 Å². The summed E-state index contributed by atoms with van der Waals surface area (Å²) in [6.45, 7) is 9.22. The van der Waals surface area contributed by atoms with E-state index in [-0.39, 0.29) is 5.75 Å². The molecule has 1 aliphatic heterocycles. The van der Waals surface area contributed by atoms with Crippen molar-refractivity contribution < 1.29 is 13.9 Å². The number of rotatable bonds is 5. The highest BCUT2D eigenvalue weighted by molar-refractivity contribution is 5.81. The summed E-state index contributed by atoms with van der Waals surface area (Å²) >= 11 is 0. The molecule has 0 saturated carbocycles. The number of esters is 1. The maximum absolute atomic E-state index is 14.8. The standard InChI is InChI=1S/C25H30FN3O2/c1-25(2,3)24(30)31-22-12-11-18(17-19(22)26)23-27-20-9-5-6-10-21(20)29(23)16-15-28-13-7-4-8-14-28/h5-6,9-12,17H,4,7-8,13-16H2,1-3H3. The number of carbonyl (C=O) groups excluding carboxylic acids is 1. The van der Waals surface area contributed by atoms with Gasteiger partial charge >= 0.3 is 5.97 Å². The van der Waals surface area contributed by atoms with E-state index in [0.29, 0.717) is 5.56 Å². The predicted octanol–water partition coefficient (Wildman–Crippen LogP) is 5.28. The van der Waals surface area contributed by atoms with E-state index < -0.39 is 17.2 Å². The van der Waals surface area contributed by atoms with Crippen molar-refractivity contribution in [2.75, 3.05) is 19.6 Å². The quantitative estimate of drug-likeness (QED) is 0.414. The van der Waals surface area contributed by atoms with Crippen LogP contribution in [-0.4, -0.2) is 40.1 Å². The van der Waals surface area contributed by atoms with E-state index in [4.69, 9.17) is 9.72 Å². The zero-order valence-electron chi connectivity index (χ0n) is 18.5. The molecular weight excluding hydrogens is 393 g/mol. The first-order valence-corrected chi connectivity index (χ1v) is 11.0. The smallest absolute Gasteiger partial charge is 0.316 e. The Morgan fingerprint density at radius 2 is 1.81 bits per heavy atom. The number of carbonyl (C=O) groups is 1. The second-order valence-electron chi connectivity index (χ2n) is 9.26. The SMILES string of the molecule is CC(C)(C)C(=O)Oc1ccc(-c2nc3ccccc3n2CCN2CCCCC2)cc1F. The first-order chi connectivity index (χ1) is 14.8. The molecule has 6 heteroatoms. The molecule has 0 N–H and O–H groups in total. The molecular formula is C25H30FN3O2. The van der Waals surface area contributed by atoms with Crippen molar-refractivity contribution >= 4 is 17.0 Å². The lowest BCUT2D eigenvalue weighted by Gasteiger charge is -2.26. The number of benzene rings is 2. The summed E-state index contributed by atoms with van der Waals surface area (Å²) in [5.41, 5.74) is 1.90. The third-order valence-electron chi connectivity index (χ3n) is 5.75. The second-order valence-corrected chi connectivity index (χ2v) is 9.26. The van der Waals surface area contributed by atoms with Gasteiger partial charge in [-0.2, -0.15) is 0 Å². The third kappa shape index (κ3) is 4.79. The molecule has 3 aromatic rings. The van der Waals surface area contributed by atoms with Gasteiger partial charge in [0.2, 0.25) is 0 Å². The number of hydrogen-bond acceptors (Lipinski definition) is 4. The number of fused-ring (bicyclic) bond motifs is 1. The molecule has 5 nitrogen and oxygen atoms in total. The average Bonchev–Trinajstić information content (AvgIpc) is 3.12. The largest absolute Gasteiger partial charge is 0.423 e. The Balaban J connectivity index is 1.64. The van der Waals surface area contributed by atoms with Crippen molar-refractivity contribution in [1.29, 1.82) is 0 Å². The van der Waals surface area contributed by atoms with Crippen molar-refractivity contribution in [3.8, 4) is 17.1 Å². The molecule has 4 rings (SSSR count). The molecule has 0 bridgehead atoms. The van der Waals surface area contributed by atoms with Gasteiger partial charge in [-0.3, -0.25) is 4.79 Å². The first-order valence-electron chi connectivity index (χ1n) is 11.0. The molecule has 1 saturated heterocycles. The Morgan fingerprint density at radius 1 is 1.06 bits per heavy atom. The van der Waals surface area contributed by atoms with Crippen LogP contribution in [0.4, 0.5) is 4.39 Å². The number of para-hydroxylation sites is 2. The molecule has 0 radical (unpaired) electrons. The number of nitrogens with zero attached hydrogens (tertiary/aromatic N) is 3. The van der Waals surface area contributed by atoms with Gasteiger partial charge in [0.05, 0.1) is 16.4 Å². The van der Waals surface area contributed by atoms with Crippen LogP contribution in [-0.2, 0) is 11.3 Å². The molecule has 1 fully saturated rings. The van der Waals surface area contributed by atoms with Gasteiger partial charge in [-0.25, -0.2) is 9.37 Å². The Hall–Kier alpha value is -2.73. The molecule has 0 atom stereocenters. The van der Waals surface area contributed by atoms with Crippen LogP contribution in [0.5, 0.6) is 5.75 Å².